The predicted molar refractivity (Wildman–Crippen MR) is 72.2 cm³/mol. The minimum Gasteiger partial charge on any atom is -0.361 e. The number of hydrogen-bond acceptors (Lipinski definition) is 3. The van der Waals surface area contributed by atoms with Crippen molar-refractivity contribution in [1.82, 2.24) is 10.2 Å². The number of likely N-dealkylation sites (N-methyl/N-ethyl adjacent to an activating group) is 1. The molecule has 0 aromatic rings. The first kappa shape index (κ1) is 12.2. The Hall–Kier alpha value is -0.220. The summed E-state index contributed by atoms with van der Waals surface area (Å²) < 4.78 is 0. The predicted octanol–water partition coefficient (Wildman–Crippen LogP) is 1.80. The Labute approximate surface area is 103 Å². The molecular weight excluding hydrogens is 218 g/mol. The third-order valence-corrected chi connectivity index (χ3v) is 4.68. The van der Waals surface area contributed by atoms with E-state index in [9.17, 15) is 0 Å². The van der Waals surface area contributed by atoms with E-state index < -0.39 is 0 Å². The lowest BCUT2D eigenvalue weighted by Crippen LogP contribution is -2.33. The maximum absolute atomic E-state index is 4.72. The normalized spacial score (nSPS) is 33.9. The molecule has 2 heterocycles. The van der Waals surface area contributed by atoms with Crippen LogP contribution in [0.25, 0.3) is 0 Å². The molecule has 1 N–H and O–H groups in total. The number of rotatable bonds is 3. The first-order valence-corrected chi connectivity index (χ1v) is 7.29. The molecule has 0 saturated carbocycles. The fourth-order valence-electron chi connectivity index (χ4n) is 2.26. The van der Waals surface area contributed by atoms with Gasteiger partial charge in [0.25, 0.3) is 0 Å². The lowest BCUT2D eigenvalue weighted by atomic mass is 10.1. The van der Waals surface area contributed by atoms with E-state index in [0.29, 0.717) is 18.0 Å². The summed E-state index contributed by atoms with van der Waals surface area (Å²) in [5.41, 5.74) is 0. The standard InChI is InChI=1S/C12H23N3S/c1-9(2)11-8-16-12(14-11)13-7-10-5-4-6-15(10)3/h9-11H,4-8H2,1-3H3,(H,13,14). The van der Waals surface area contributed by atoms with Gasteiger partial charge in [0.2, 0.25) is 0 Å². The quantitative estimate of drug-likeness (QED) is 0.816. The van der Waals surface area contributed by atoms with Crippen LogP contribution in [0.2, 0.25) is 0 Å². The fraction of sp³-hybridized carbons (Fsp3) is 0.917. The van der Waals surface area contributed by atoms with Crippen molar-refractivity contribution >= 4 is 16.9 Å². The van der Waals surface area contributed by atoms with Crippen molar-refractivity contribution in [3.05, 3.63) is 0 Å². The largest absolute Gasteiger partial charge is 0.361 e. The molecule has 0 aromatic heterocycles. The Morgan fingerprint density at radius 3 is 2.94 bits per heavy atom. The molecule has 3 nitrogen and oxygen atoms in total. The van der Waals surface area contributed by atoms with Crippen LogP contribution in [0.4, 0.5) is 0 Å². The van der Waals surface area contributed by atoms with Crippen LogP contribution in [0, 0.1) is 5.92 Å². The first-order valence-electron chi connectivity index (χ1n) is 6.31. The molecule has 0 spiro atoms. The molecule has 2 aliphatic rings. The van der Waals surface area contributed by atoms with E-state index in [1.807, 2.05) is 11.8 Å². The van der Waals surface area contributed by atoms with Crippen molar-refractivity contribution in [2.75, 3.05) is 25.9 Å². The molecule has 0 bridgehead atoms. The molecule has 2 aliphatic heterocycles. The third-order valence-electron chi connectivity index (χ3n) is 3.63. The summed E-state index contributed by atoms with van der Waals surface area (Å²) in [6.45, 7) is 6.75. The van der Waals surface area contributed by atoms with Crippen LogP contribution in [0.15, 0.2) is 4.99 Å². The number of thioether (sulfide) groups is 1. The minimum absolute atomic E-state index is 0.616. The molecule has 4 heteroatoms. The highest BCUT2D eigenvalue weighted by Crippen LogP contribution is 2.20. The maximum Gasteiger partial charge on any atom is 0.156 e. The van der Waals surface area contributed by atoms with E-state index in [1.54, 1.807) is 0 Å². The third kappa shape index (κ3) is 2.92. The van der Waals surface area contributed by atoms with E-state index in [-0.39, 0.29) is 0 Å². The molecule has 2 unspecified atom stereocenters. The molecule has 0 aromatic carbocycles. The molecule has 2 atom stereocenters. The topological polar surface area (TPSA) is 27.6 Å². The maximum atomic E-state index is 4.72. The number of hydrogen-bond donors (Lipinski definition) is 1. The monoisotopic (exact) mass is 241 g/mol. The van der Waals surface area contributed by atoms with Gasteiger partial charge in [-0.3, -0.25) is 4.99 Å². The zero-order valence-electron chi connectivity index (χ0n) is 10.6. The van der Waals surface area contributed by atoms with Crippen molar-refractivity contribution in [3.8, 4) is 0 Å². The van der Waals surface area contributed by atoms with Gasteiger partial charge in [-0.15, -0.1) is 0 Å². The molecule has 16 heavy (non-hydrogen) atoms. The van der Waals surface area contributed by atoms with Gasteiger partial charge in [0.05, 0.1) is 6.54 Å². The lowest BCUT2D eigenvalue weighted by molar-refractivity contribution is 0.317. The summed E-state index contributed by atoms with van der Waals surface area (Å²) in [5, 5.41) is 4.69. The molecule has 2 fully saturated rings. The molecular formula is C12H23N3S. The highest BCUT2D eigenvalue weighted by atomic mass is 32.2. The minimum atomic E-state index is 0.616. The average molecular weight is 241 g/mol. The summed E-state index contributed by atoms with van der Waals surface area (Å²) >= 11 is 1.88. The Balaban J connectivity index is 1.80. The van der Waals surface area contributed by atoms with Crippen LogP contribution in [0.1, 0.15) is 26.7 Å². The molecule has 2 rings (SSSR count). The molecule has 2 saturated heterocycles. The van der Waals surface area contributed by atoms with Crippen LogP contribution in [0.5, 0.6) is 0 Å². The zero-order valence-corrected chi connectivity index (χ0v) is 11.4. The second-order valence-electron chi connectivity index (χ2n) is 5.23. The second kappa shape index (κ2) is 5.41. The number of nitrogens with one attached hydrogen (secondary N) is 1. The summed E-state index contributed by atoms with van der Waals surface area (Å²) in [7, 11) is 2.21. The molecule has 92 valence electrons. The summed E-state index contributed by atoms with van der Waals surface area (Å²) in [6.07, 6.45) is 2.65. The Bertz CT molecular complexity index is 265. The van der Waals surface area contributed by atoms with Crippen LogP contribution >= 0.6 is 11.8 Å². The van der Waals surface area contributed by atoms with Crippen molar-refractivity contribution in [2.45, 2.75) is 38.8 Å². The van der Waals surface area contributed by atoms with Gasteiger partial charge >= 0.3 is 0 Å². The highest BCUT2D eigenvalue weighted by Gasteiger charge is 2.24. The van der Waals surface area contributed by atoms with E-state index >= 15 is 0 Å². The number of aliphatic imine (C=N–C) groups is 1. The first-order chi connectivity index (χ1) is 7.66. The fourth-order valence-corrected chi connectivity index (χ4v) is 3.47. The van der Waals surface area contributed by atoms with Crippen molar-refractivity contribution in [3.63, 3.8) is 0 Å². The van der Waals surface area contributed by atoms with Gasteiger partial charge in [-0.05, 0) is 32.4 Å². The van der Waals surface area contributed by atoms with Crippen molar-refractivity contribution in [1.29, 1.82) is 0 Å². The molecule has 0 amide bonds. The average Bonchev–Trinajstić information content (AvgIpc) is 2.83. The molecule has 0 aliphatic carbocycles. The van der Waals surface area contributed by atoms with E-state index in [0.717, 1.165) is 6.54 Å². The van der Waals surface area contributed by atoms with Crippen molar-refractivity contribution in [2.24, 2.45) is 10.9 Å². The van der Waals surface area contributed by atoms with Crippen LogP contribution in [-0.2, 0) is 0 Å². The zero-order chi connectivity index (χ0) is 11.5. The summed E-state index contributed by atoms with van der Waals surface area (Å²) in [4.78, 5) is 7.15. The van der Waals surface area contributed by atoms with Crippen molar-refractivity contribution < 1.29 is 0 Å². The van der Waals surface area contributed by atoms with Gasteiger partial charge in [0, 0.05) is 17.8 Å². The van der Waals surface area contributed by atoms with Crippen LogP contribution in [0.3, 0.4) is 0 Å². The Kier molecular flexibility index (Phi) is 4.14. The van der Waals surface area contributed by atoms with E-state index in [2.05, 4.69) is 31.1 Å². The second-order valence-corrected chi connectivity index (χ2v) is 6.24. The number of likely N-dealkylation sites (tertiary alicyclic amines) is 1. The van der Waals surface area contributed by atoms with Crippen LogP contribution in [-0.4, -0.2) is 48.0 Å². The SMILES string of the molecule is CC(C)C1CSC(=NCC2CCCN2C)N1. The Morgan fingerprint density at radius 2 is 2.38 bits per heavy atom. The lowest BCUT2D eigenvalue weighted by Gasteiger charge is -2.17. The van der Waals surface area contributed by atoms with E-state index in [1.165, 1.54) is 30.3 Å². The highest BCUT2D eigenvalue weighted by molar-refractivity contribution is 8.14. The van der Waals surface area contributed by atoms with E-state index in [4.69, 9.17) is 4.99 Å². The van der Waals surface area contributed by atoms with Gasteiger partial charge in [0.15, 0.2) is 5.17 Å². The smallest absolute Gasteiger partial charge is 0.156 e. The van der Waals surface area contributed by atoms with Gasteiger partial charge in [0.1, 0.15) is 0 Å². The van der Waals surface area contributed by atoms with Gasteiger partial charge in [-0.2, -0.15) is 0 Å². The van der Waals surface area contributed by atoms with Gasteiger partial charge < -0.3 is 10.2 Å². The van der Waals surface area contributed by atoms with Crippen LogP contribution < -0.4 is 5.32 Å². The van der Waals surface area contributed by atoms with Gasteiger partial charge in [-0.1, -0.05) is 25.6 Å². The Morgan fingerprint density at radius 1 is 1.56 bits per heavy atom. The number of amidine groups is 1. The molecule has 0 radical (unpaired) electrons. The summed E-state index contributed by atoms with van der Waals surface area (Å²) in [6, 6.07) is 1.29. The summed E-state index contributed by atoms with van der Waals surface area (Å²) in [5.74, 6) is 1.88. The van der Waals surface area contributed by atoms with Gasteiger partial charge in [-0.25, -0.2) is 0 Å². The number of nitrogens with zero attached hydrogens (tertiary/aromatic N) is 2.